The first-order chi connectivity index (χ1) is 14.4. The molecule has 0 atom stereocenters. The Hall–Kier alpha value is -3.22. The average Bonchev–Trinajstić information content (AvgIpc) is 3.14. The number of para-hydroxylation sites is 1. The number of amides is 1. The second-order valence-electron chi connectivity index (χ2n) is 8.05. The van der Waals surface area contributed by atoms with E-state index >= 15 is 0 Å². The normalized spacial score (nSPS) is 14.4. The molecule has 4 rings (SSSR count). The first-order valence-electron chi connectivity index (χ1n) is 10.4. The molecule has 0 aliphatic carbocycles. The smallest absolute Gasteiger partial charge is 0.257 e. The summed E-state index contributed by atoms with van der Waals surface area (Å²) in [6, 6.07) is 11.9. The molecule has 3 aromatic rings. The summed E-state index contributed by atoms with van der Waals surface area (Å²) < 4.78 is 1.82. The van der Waals surface area contributed by atoms with Gasteiger partial charge in [-0.2, -0.15) is 5.10 Å². The molecular weight excluding hydrogens is 376 g/mol. The predicted molar refractivity (Wildman–Crippen MR) is 117 cm³/mol. The summed E-state index contributed by atoms with van der Waals surface area (Å²) in [4.78, 5) is 26.6. The first kappa shape index (κ1) is 20.1. The van der Waals surface area contributed by atoms with Crippen molar-refractivity contribution in [2.45, 2.75) is 33.6 Å². The van der Waals surface area contributed by atoms with Gasteiger partial charge in [0.1, 0.15) is 11.6 Å². The number of carbonyl (C=O) groups is 1. The van der Waals surface area contributed by atoms with Crippen molar-refractivity contribution in [3.05, 3.63) is 65.4 Å². The molecule has 0 N–H and O–H groups in total. The Morgan fingerprint density at radius 2 is 1.70 bits per heavy atom. The minimum Gasteiger partial charge on any atom is -0.353 e. The molecular formula is C23H28N6O. The van der Waals surface area contributed by atoms with E-state index < -0.39 is 0 Å². The van der Waals surface area contributed by atoms with Gasteiger partial charge in [0.2, 0.25) is 0 Å². The van der Waals surface area contributed by atoms with Crippen LogP contribution in [-0.4, -0.2) is 56.7 Å². The van der Waals surface area contributed by atoms with E-state index in [1.807, 2.05) is 59.8 Å². The van der Waals surface area contributed by atoms with Gasteiger partial charge in [-0.3, -0.25) is 4.79 Å². The minimum atomic E-state index is 0.0380. The van der Waals surface area contributed by atoms with Crippen molar-refractivity contribution < 1.29 is 4.79 Å². The highest BCUT2D eigenvalue weighted by Crippen LogP contribution is 2.21. The van der Waals surface area contributed by atoms with Crippen LogP contribution >= 0.6 is 0 Å². The summed E-state index contributed by atoms with van der Waals surface area (Å²) in [5.41, 5.74) is 3.46. The van der Waals surface area contributed by atoms with E-state index in [1.54, 1.807) is 6.20 Å². The van der Waals surface area contributed by atoms with Crippen LogP contribution in [0.5, 0.6) is 0 Å². The van der Waals surface area contributed by atoms with Gasteiger partial charge in [0, 0.05) is 43.9 Å². The SMILES string of the molecule is Cc1cc(N2CCN(C(=O)c3cnn(-c4ccccc4)c3C)CC2)nc(C(C)C)n1. The number of carbonyl (C=O) groups excluding carboxylic acids is 1. The van der Waals surface area contributed by atoms with Crippen molar-refractivity contribution in [1.82, 2.24) is 24.6 Å². The first-order valence-corrected chi connectivity index (χ1v) is 10.4. The van der Waals surface area contributed by atoms with E-state index in [0.29, 0.717) is 18.7 Å². The molecule has 7 heteroatoms. The van der Waals surface area contributed by atoms with Gasteiger partial charge < -0.3 is 9.80 Å². The van der Waals surface area contributed by atoms with Crippen LogP contribution in [0, 0.1) is 13.8 Å². The molecule has 1 saturated heterocycles. The Balaban J connectivity index is 1.46. The molecule has 0 spiro atoms. The summed E-state index contributed by atoms with van der Waals surface area (Å²) in [5, 5.41) is 4.44. The Morgan fingerprint density at radius 3 is 2.37 bits per heavy atom. The Morgan fingerprint density at radius 1 is 1.00 bits per heavy atom. The summed E-state index contributed by atoms with van der Waals surface area (Å²) in [6.45, 7) is 11.0. The summed E-state index contributed by atoms with van der Waals surface area (Å²) in [6.07, 6.45) is 1.68. The largest absolute Gasteiger partial charge is 0.353 e. The van der Waals surface area contributed by atoms with Gasteiger partial charge in [-0.15, -0.1) is 0 Å². The van der Waals surface area contributed by atoms with Crippen molar-refractivity contribution >= 4 is 11.7 Å². The average molecular weight is 405 g/mol. The lowest BCUT2D eigenvalue weighted by Gasteiger charge is -2.35. The maximum atomic E-state index is 13.1. The van der Waals surface area contributed by atoms with Crippen molar-refractivity contribution in [2.75, 3.05) is 31.1 Å². The van der Waals surface area contributed by atoms with E-state index in [0.717, 1.165) is 41.8 Å². The molecule has 1 amide bonds. The number of rotatable bonds is 4. The van der Waals surface area contributed by atoms with Crippen LogP contribution in [0.2, 0.25) is 0 Å². The topological polar surface area (TPSA) is 67.2 Å². The van der Waals surface area contributed by atoms with E-state index in [4.69, 9.17) is 4.98 Å². The fourth-order valence-corrected chi connectivity index (χ4v) is 3.75. The monoisotopic (exact) mass is 404 g/mol. The van der Waals surface area contributed by atoms with E-state index in [1.165, 1.54) is 0 Å². The molecule has 2 aromatic heterocycles. The van der Waals surface area contributed by atoms with Crippen molar-refractivity contribution in [2.24, 2.45) is 0 Å². The minimum absolute atomic E-state index is 0.0380. The van der Waals surface area contributed by atoms with Crippen LogP contribution in [-0.2, 0) is 0 Å². The van der Waals surface area contributed by atoms with Gasteiger partial charge in [-0.25, -0.2) is 14.6 Å². The molecule has 0 saturated carbocycles. The molecule has 7 nitrogen and oxygen atoms in total. The third kappa shape index (κ3) is 3.92. The van der Waals surface area contributed by atoms with E-state index in [-0.39, 0.29) is 11.8 Å². The Bertz CT molecular complexity index is 1040. The van der Waals surface area contributed by atoms with E-state index in [2.05, 4.69) is 28.8 Å². The van der Waals surface area contributed by atoms with Gasteiger partial charge in [-0.05, 0) is 26.0 Å². The van der Waals surface area contributed by atoms with Crippen molar-refractivity contribution in [3.63, 3.8) is 0 Å². The zero-order valence-corrected chi connectivity index (χ0v) is 18.0. The summed E-state index contributed by atoms with van der Waals surface area (Å²) >= 11 is 0. The van der Waals surface area contributed by atoms with Crippen LogP contribution in [0.3, 0.4) is 0 Å². The summed E-state index contributed by atoms with van der Waals surface area (Å²) in [5.74, 6) is 2.14. The third-order valence-corrected chi connectivity index (χ3v) is 5.51. The molecule has 156 valence electrons. The van der Waals surface area contributed by atoms with Gasteiger partial charge in [0.25, 0.3) is 5.91 Å². The van der Waals surface area contributed by atoms with Gasteiger partial charge in [0.15, 0.2) is 0 Å². The fourth-order valence-electron chi connectivity index (χ4n) is 3.75. The number of aromatic nitrogens is 4. The van der Waals surface area contributed by atoms with Gasteiger partial charge >= 0.3 is 0 Å². The number of piperazine rings is 1. The third-order valence-electron chi connectivity index (χ3n) is 5.51. The molecule has 1 fully saturated rings. The summed E-state index contributed by atoms with van der Waals surface area (Å²) in [7, 11) is 0. The zero-order valence-electron chi connectivity index (χ0n) is 18.0. The van der Waals surface area contributed by atoms with Crippen LogP contribution in [0.25, 0.3) is 5.69 Å². The lowest BCUT2D eigenvalue weighted by atomic mass is 10.2. The number of anilines is 1. The zero-order chi connectivity index (χ0) is 21.3. The van der Waals surface area contributed by atoms with Crippen molar-refractivity contribution in [3.8, 4) is 5.69 Å². The van der Waals surface area contributed by atoms with Gasteiger partial charge in [-0.1, -0.05) is 32.0 Å². The highest BCUT2D eigenvalue weighted by molar-refractivity contribution is 5.95. The maximum Gasteiger partial charge on any atom is 0.257 e. The highest BCUT2D eigenvalue weighted by atomic mass is 16.2. The molecule has 0 unspecified atom stereocenters. The number of hydrogen-bond acceptors (Lipinski definition) is 5. The standard InChI is InChI=1S/C23H28N6O/c1-16(2)22-25-17(3)14-21(26-22)27-10-12-28(13-11-27)23(30)20-15-24-29(18(20)4)19-8-6-5-7-9-19/h5-9,14-16H,10-13H2,1-4H3. The Kier molecular flexibility index (Phi) is 5.53. The van der Waals surface area contributed by atoms with Gasteiger partial charge in [0.05, 0.1) is 23.1 Å². The number of aryl methyl sites for hydroxylation is 1. The van der Waals surface area contributed by atoms with E-state index in [9.17, 15) is 4.79 Å². The highest BCUT2D eigenvalue weighted by Gasteiger charge is 2.26. The lowest BCUT2D eigenvalue weighted by Crippen LogP contribution is -2.49. The lowest BCUT2D eigenvalue weighted by molar-refractivity contribution is 0.0745. The number of nitrogens with zero attached hydrogens (tertiary/aromatic N) is 6. The Labute approximate surface area is 177 Å². The second-order valence-corrected chi connectivity index (χ2v) is 8.05. The second kappa shape index (κ2) is 8.26. The number of benzene rings is 1. The quantitative estimate of drug-likeness (QED) is 0.667. The number of hydrogen-bond donors (Lipinski definition) is 0. The fraction of sp³-hybridized carbons (Fsp3) is 0.391. The predicted octanol–water partition coefficient (Wildman–Crippen LogP) is 3.36. The van der Waals surface area contributed by atoms with Crippen LogP contribution in [0.4, 0.5) is 5.82 Å². The molecule has 3 heterocycles. The van der Waals surface area contributed by atoms with Crippen LogP contribution in [0.1, 0.15) is 47.3 Å². The maximum absolute atomic E-state index is 13.1. The molecule has 0 radical (unpaired) electrons. The molecule has 1 aromatic carbocycles. The molecule has 1 aliphatic heterocycles. The molecule has 1 aliphatic rings. The molecule has 0 bridgehead atoms. The van der Waals surface area contributed by atoms with Crippen LogP contribution < -0.4 is 4.90 Å². The molecule has 30 heavy (non-hydrogen) atoms. The van der Waals surface area contributed by atoms with Crippen molar-refractivity contribution in [1.29, 1.82) is 0 Å². The van der Waals surface area contributed by atoms with Crippen LogP contribution in [0.15, 0.2) is 42.6 Å².